The van der Waals surface area contributed by atoms with Gasteiger partial charge in [-0.3, -0.25) is 0 Å². The van der Waals surface area contributed by atoms with Gasteiger partial charge in [0.25, 0.3) is 0 Å². The first-order valence-electron chi connectivity index (χ1n) is 5.66. The fraction of sp³-hybridized carbons (Fsp3) is 0.727. The number of rotatable bonds is 6. The fourth-order valence-electron chi connectivity index (χ4n) is 1.53. The van der Waals surface area contributed by atoms with Crippen LogP contribution in [0.15, 0.2) is 0 Å². The molecule has 0 aromatic carbocycles. The zero-order valence-electron chi connectivity index (χ0n) is 10.7. The number of carboxylic acids is 1. The number of hydrogen-bond acceptors (Lipinski definition) is 4. The zero-order valence-corrected chi connectivity index (χ0v) is 10.7. The molecule has 17 heavy (non-hydrogen) atoms. The lowest BCUT2D eigenvalue weighted by Crippen LogP contribution is -2.13. The Hall–Kier alpha value is -1.43. The Morgan fingerprint density at radius 3 is 2.59 bits per heavy atom. The predicted octanol–water partition coefficient (Wildman–Crippen LogP) is 1.73. The summed E-state index contributed by atoms with van der Waals surface area (Å²) in [5.41, 5.74) is 0.503. The van der Waals surface area contributed by atoms with Gasteiger partial charge >= 0.3 is 5.97 Å². The topological polar surface area (TPSA) is 77.2 Å². The zero-order chi connectivity index (χ0) is 13.0. The SMILES string of the molecule is COC(C)c1c(C(=O)O)nnn1CCC(C)C. The molecule has 1 atom stereocenters. The molecule has 1 N–H and O–H groups in total. The normalized spacial score (nSPS) is 13.0. The van der Waals surface area contributed by atoms with Gasteiger partial charge < -0.3 is 9.84 Å². The fourth-order valence-corrected chi connectivity index (χ4v) is 1.53. The molecule has 0 aliphatic rings. The van der Waals surface area contributed by atoms with Gasteiger partial charge in [-0.2, -0.15) is 0 Å². The van der Waals surface area contributed by atoms with Gasteiger partial charge in [0, 0.05) is 13.7 Å². The van der Waals surface area contributed by atoms with Crippen LogP contribution in [0.5, 0.6) is 0 Å². The summed E-state index contributed by atoms with van der Waals surface area (Å²) in [5.74, 6) is -0.544. The number of aromatic carboxylic acids is 1. The van der Waals surface area contributed by atoms with E-state index >= 15 is 0 Å². The molecule has 0 aliphatic heterocycles. The van der Waals surface area contributed by atoms with Crippen LogP contribution in [-0.2, 0) is 11.3 Å². The molecule has 0 aliphatic carbocycles. The molecular formula is C11H19N3O3. The molecule has 1 heterocycles. The number of methoxy groups -OCH3 is 1. The minimum absolute atomic E-state index is 0.0249. The quantitative estimate of drug-likeness (QED) is 0.820. The summed E-state index contributed by atoms with van der Waals surface area (Å²) in [6.45, 7) is 6.65. The maximum Gasteiger partial charge on any atom is 0.358 e. The van der Waals surface area contributed by atoms with Crippen LogP contribution in [-0.4, -0.2) is 33.2 Å². The standard InChI is InChI=1S/C11H19N3O3/c1-7(2)5-6-14-10(8(3)17-4)9(11(15)16)12-13-14/h7-8H,5-6H2,1-4H3,(H,15,16). The summed E-state index contributed by atoms with van der Waals surface area (Å²) in [6.07, 6.45) is 0.592. The van der Waals surface area contributed by atoms with Crippen molar-refractivity contribution in [3.63, 3.8) is 0 Å². The third-order valence-corrected chi connectivity index (χ3v) is 2.63. The van der Waals surface area contributed by atoms with Crippen molar-refractivity contribution < 1.29 is 14.6 Å². The van der Waals surface area contributed by atoms with E-state index < -0.39 is 5.97 Å². The van der Waals surface area contributed by atoms with Gasteiger partial charge in [-0.1, -0.05) is 19.1 Å². The minimum Gasteiger partial charge on any atom is -0.476 e. The predicted molar refractivity (Wildman–Crippen MR) is 61.9 cm³/mol. The van der Waals surface area contributed by atoms with Crippen molar-refractivity contribution in [2.24, 2.45) is 5.92 Å². The highest BCUT2D eigenvalue weighted by atomic mass is 16.5. The van der Waals surface area contributed by atoms with E-state index in [1.165, 1.54) is 7.11 Å². The van der Waals surface area contributed by atoms with Gasteiger partial charge in [0.1, 0.15) is 5.69 Å². The van der Waals surface area contributed by atoms with Gasteiger partial charge in [-0.05, 0) is 19.3 Å². The lowest BCUT2D eigenvalue weighted by Gasteiger charge is -2.13. The van der Waals surface area contributed by atoms with Crippen molar-refractivity contribution in [2.45, 2.75) is 39.8 Å². The van der Waals surface area contributed by atoms with E-state index in [2.05, 4.69) is 24.2 Å². The van der Waals surface area contributed by atoms with Crippen molar-refractivity contribution in [1.29, 1.82) is 0 Å². The molecule has 96 valence electrons. The van der Waals surface area contributed by atoms with Crippen molar-refractivity contribution in [2.75, 3.05) is 7.11 Å². The van der Waals surface area contributed by atoms with Gasteiger partial charge in [0.15, 0.2) is 5.69 Å². The number of carboxylic acid groups (broad SMARTS) is 1. The van der Waals surface area contributed by atoms with Crippen molar-refractivity contribution in [3.05, 3.63) is 11.4 Å². The van der Waals surface area contributed by atoms with Gasteiger partial charge in [-0.15, -0.1) is 5.10 Å². The van der Waals surface area contributed by atoms with E-state index in [4.69, 9.17) is 9.84 Å². The lowest BCUT2D eigenvalue weighted by molar-refractivity contribution is 0.0673. The molecule has 0 fully saturated rings. The van der Waals surface area contributed by atoms with Crippen LogP contribution in [0.2, 0.25) is 0 Å². The number of nitrogens with zero attached hydrogens (tertiary/aromatic N) is 3. The molecule has 6 heteroatoms. The molecule has 0 radical (unpaired) electrons. The molecule has 1 rings (SSSR count). The molecule has 6 nitrogen and oxygen atoms in total. The highest BCUT2D eigenvalue weighted by molar-refractivity contribution is 5.86. The Bertz CT molecular complexity index is 387. The van der Waals surface area contributed by atoms with E-state index in [0.717, 1.165) is 6.42 Å². The monoisotopic (exact) mass is 241 g/mol. The van der Waals surface area contributed by atoms with Crippen LogP contribution in [0.4, 0.5) is 0 Å². The van der Waals surface area contributed by atoms with E-state index in [-0.39, 0.29) is 11.8 Å². The van der Waals surface area contributed by atoms with Crippen LogP contribution in [0.1, 0.15) is 49.5 Å². The molecule has 1 aromatic rings. The largest absolute Gasteiger partial charge is 0.476 e. The molecule has 0 bridgehead atoms. The second kappa shape index (κ2) is 5.77. The van der Waals surface area contributed by atoms with Gasteiger partial charge in [0.2, 0.25) is 0 Å². The first-order valence-corrected chi connectivity index (χ1v) is 5.66. The molecular weight excluding hydrogens is 222 g/mol. The summed E-state index contributed by atoms with van der Waals surface area (Å²) in [6, 6.07) is 0. The van der Waals surface area contributed by atoms with Crippen LogP contribution in [0, 0.1) is 5.92 Å². The lowest BCUT2D eigenvalue weighted by atomic mass is 10.1. The summed E-state index contributed by atoms with van der Waals surface area (Å²) < 4.78 is 6.79. The number of aryl methyl sites for hydroxylation is 1. The van der Waals surface area contributed by atoms with Crippen molar-refractivity contribution in [3.8, 4) is 0 Å². The number of hydrogen-bond donors (Lipinski definition) is 1. The molecule has 0 saturated heterocycles. The average molecular weight is 241 g/mol. The Morgan fingerprint density at radius 1 is 1.47 bits per heavy atom. The summed E-state index contributed by atoms with van der Waals surface area (Å²) in [5, 5.41) is 16.6. The number of ether oxygens (including phenoxy) is 1. The molecule has 0 amide bonds. The average Bonchev–Trinajstić information content (AvgIpc) is 2.68. The highest BCUT2D eigenvalue weighted by Gasteiger charge is 2.23. The Balaban J connectivity index is 3.00. The Morgan fingerprint density at radius 2 is 2.12 bits per heavy atom. The van der Waals surface area contributed by atoms with E-state index in [0.29, 0.717) is 18.2 Å². The number of aromatic nitrogens is 3. The molecule has 0 saturated carbocycles. The van der Waals surface area contributed by atoms with Crippen LogP contribution in [0.25, 0.3) is 0 Å². The smallest absolute Gasteiger partial charge is 0.358 e. The third kappa shape index (κ3) is 3.26. The first-order chi connectivity index (χ1) is 7.97. The van der Waals surface area contributed by atoms with Crippen molar-refractivity contribution >= 4 is 5.97 Å². The van der Waals surface area contributed by atoms with Gasteiger partial charge in [0.05, 0.1) is 6.10 Å². The highest BCUT2D eigenvalue weighted by Crippen LogP contribution is 2.19. The van der Waals surface area contributed by atoms with Crippen LogP contribution < -0.4 is 0 Å². The second-order valence-electron chi connectivity index (χ2n) is 4.41. The van der Waals surface area contributed by atoms with Crippen LogP contribution in [0.3, 0.4) is 0 Å². The number of carbonyl (C=O) groups is 1. The summed E-state index contributed by atoms with van der Waals surface area (Å²) in [7, 11) is 1.54. The third-order valence-electron chi connectivity index (χ3n) is 2.63. The van der Waals surface area contributed by atoms with Crippen molar-refractivity contribution in [1.82, 2.24) is 15.0 Å². The Labute approximate surface area is 101 Å². The summed E-state index contributed by atoms with van der Waals surface area (Å²) in [4.78, 5) is 11.0. The van der Waals surface area contributed by atoms with E-state index in [1.54, 1.807) is 11.6 Å². The molecule has 1 unspecified atom stereocenters. The molecule has 1 aromatic heterocycles. The van der Waals surface area contributed by atoms with E-state index in [1.807, 2.05) is 0 Å². The second-order valence-corrected chi connectivity index (χ2v) is 4.41. The maximum atomic E-state index is 11.0. The molecule has 0 spiro atoms. The maximum absolute atomic E-state index is 11.0. The minimum atomic E-state index is -1.07. The van der Waals surface area contributed by atoms with Crippen LogP contribution >= 0.6 is 0 Å². The summed E-state index contributed by atoms with van der Waals surface area (Å²) >= 11 is 0. The van der Waals surface area contributed by atoms with E-state index in [9.17, 15) is 4.79 Å². The Kier molecular flexibility index (Phi) is 4.62. The van der Waals surface area contributed by atoms with Gasteiger partial charge in [-0.25, -0.2) is 9.48 Å². The first kappa shape index (κ1) is 13.6.